The number of fused-ring (bicyclic) bond motifs is 1. The van der Waals surface area contributed by atoms with Crippen molar-refractivity contribution in [2.45, 2.75) is 20.3 Å². The lowest BCUT2D eigenvalue weighted by Crippen LogP contribution is -2.07. The van der Waals surface area contributed by atoms with E-state index in [0.29, 0.717) is 5.69 Å². The van der Waals surface area contributed by atoms with E-state index in [0.717, 1.165) is 52.6 Å². The molecule has 0 radical (unpaired) electrons. The SMILES string of the molecule is Cc1cc(NCCc2ccncc2)c2nc(-c3cccc(C)n3)c(-c3ccnc(N)n3)n2c1. The molecule has 8 nitrogen and oxygen atoms in total. The summed E-state index contributed by atoms with van der Waals surface area (Å²) in [4.78, 5) is 22.4. The van der Waals surface area contributed by atoms with Crippen LogP contribution in [-0.2, 0) is 6.42 Å². The summed E-state index contributed by atoms with van der Waals surface area (Å²) in [6.07, 6.45) is 8.23. The van der Waals surface area contributed by atoms with Crippen LogP contribution in [0.3, 0.4) is 0 Å². The molecule has 3 N–H and O–H groups in total. The third kappa shape index (κ3) is 4.23. The highest BCUT2D eigenvalue weighted by Gasteiger charge is 2.20. The fourth-order valence-corrected chi connectivity index (χ4v) is 3.91. The number of pyridine rings is 3. The molecule has 0 unspecified atom stereocenters. The van der Waals surface area contributed by atoms with Gasteiger partial charge in [-0.25, -0.2) is 15.0 Å². The Kier molecular flexibility index (Phi) is 5.40. The highest BCUT2D eigenvalue weighted by molar-refractivity contribution is 5.83. The van der Waals surface area contributed by atoms with Crippen molar-refractivity contribution in [3.8, 4) is 22.8 Å². The maximum absolute atomic E-state index is 5.92. The summed E-state index contributed by atoms with van der Waals surface area (Å²) in [6, 6.07) is 13.9. The minimum Gasteiger partial charge on any atom is -0.382 e. The lowest BCUT2D eigenvalue weighted by Gasteiger charge is -2.11. The molecule has 5 rings (SSSR count). The van der Waals surface area contributed by atoms with Crippen molar-refractivity contribution in [2.24, 2.45) is 0 Å². The van der Waals surface area contributed by atoms with Gasteiger partial charge in [-0.15, -0.1) is 0 Å². The Hall–Kier alpha value is -4.33. The Bertz CT molecular complexity index is 1430. The van der Waals surface area contributed by atoms with Gasteiger partial charge < -0.3 is 11.1 Å². The van der Waals surface area contributed by atoms with Crippen molar-refractivity contribution in [3.05, 3.63) is 84.1 Å². The van der Waals surface area contributed by atoms with Crippen LogP contribution < -0.4 is 11.1 Å². The van der Waals surface area contributed by atoms with Gasteiger partial charge in [0.15, 0.2) is 5.65 Å². The van der Waals surface area contributed by atoms with E-state index in [2.05, 4.69) is 43.9 Å². The summed E-state index contributed by atoms with van der Waals surface area (Å²) in [5.74, 6) is 0.217. The van der Waals surface area contributed by atoms with E-state index in [9.17, 15) is 0 Å². The second-order valence-corrected chi connectivity index (χ2v) is 7.93. The number of nitrogens with two attached hydrogens (primary N) is 1. The Balaban J connectivity index is 1.64. The predicted molar refractivity (Wildman–Crippen MR) is 130 cm³/mol. The van der Waals surface area contributed by atoms with Crippen molar-refractivity contribution in [1.82, 2.24) is 29.3 Å². The van der Waals surface area contributed by atoms with Crippen LogP contribution in [0.15, 0.2) is 67.3 Å². The van der Waals surface area contributed by atoms with Crippen molar-refractivity contribution < 1.29 is 0 Å². The van der Waals surface area contributed by atoms with Crippen molar-refractivity contribution in [2.75, 3.05) is 17.6 Å². The molecule has 5 aromatic rings. The number of nitrogen functional groups attached to an aromatic ring is 1. The van der Waals surface area contributed by atoms with Gasteiger partial charge in [-0.05, 0) is 67.8 Å². The fourth-order valence-electron chi connectivity index (χ4n) is 3.91. The molecule has 0 atom stereocenters. The molecule has 0 aliphatic heterocycles. The number of rotatable bonds is 6. The fraction of sp³-hybridized carbons (Fsp3) is 0.160. The average molecular weight is 437 g/mol. The van der Waals surface area contributed by atoms with Gasteiger partial charge in [0, 0.05) is 37.0 Å². The highest BCUT2D eigenvalue weighted by atomic mass is 15.1. The van der Waals surface area contributed by atoms with Gasteiger partial charge in [-0.3, -0.25) is 14.4 Å². The van der Waals surface area contributed by atoms with Crippen LogP contribution in [0.4, 0.5) is 11.6 Å². The number of nitrogens with one attached hydrogen (secondary N) is 1. The van der Waals surface area contributed by atoms with Crippen molar-refractivity contribution >= 4 is 17.3 Å². The van der Waals surface area contributed by atoms with Gasteiger partial charge in [0.25, 0.3) is 0 Å². The van der Waals surface area contributed by atoms with Crippen LogP contribution in [0.1, 0.15) is 16.8 Å². The molecular formula is C25H24N8. The second kappa shape index (κ2) is 8.66. The number of hydrogen-bond donors (Lipinski definition) is 2. The maximum Gasteiger partial charge on any atom is 0.220 e. The molecule has 0 bridgehead atoms. The molecule has 0 saturated heterocycles. The summed E-state index contributed by atoms with van der Waals surface area (Å²) < 4.78 is 2.06. The monoisotopic (exact) mass is 436 g/mol. The second-order valence-electron chi connectivity index (χ2n) is 7.93. The molecule has 164 valence electrons. The van der Waals surface area contributed by atoms with Gasteiger partial charge in [0.2, 0.25) is 5.95 Å². The highest BCUT2D eigenvalue weighted by Crippen LogP contribution is 2.34. The molecule has 0 fully saturated rings. The number of aryl methyl sites for hydroxylation is 2. The van der Waals surface area contributed by atoms with Crippen molar-refractivity contribution in [1.29, 1.82) is 0 Å². The third-order valence-corrected chi connectivity index (χ3v) is 5.38. The summed E-state index contributed by atoms with van der Waals surface area (Å²) in [7, 11) is 0. The van der Waals surface area contributed by atoms with E-state index in [1.54, 1.807) is 6.20 Å². The smallest absolute Gasteiger partial charge is 0.220 e. The van der Waals surface area contributed by atoms with E-state index in [4.69, 9.17) is 15.7 Å². The minimum atomic E-state index is 0.217. The molecular weight excluding hydrogens is 412 g/mol. The van der Waals surface area contributed by atoms with Crippen LogP contribution in [0.2, 0.25) is 0 Å². The molecule has 5 aromatic heterocycles. The van der Waals surface area contributed by atoms with Crippen LogP contribution in [-0.4, -0.2) is 35.9 Å². The summed E-state index contributed by atoms with van der Waals surface area (Å²) >= 11 is 0. The Morgan fingerprint density at radius 1 is 0.939 bits per heavy atom. The number of aromatic nitrogens is 6. The lowest BCUT2D eigenvalue weighted by molar-refractivity contribution is 1.01. The Morgan fingerprint density at radius 2 is 1.79 bits per heavy atom. The molecule has 33 heavy (non-hydrogen) atoms. The standard InChI is InChI=1S/C25H24N8/c1-16-14-21(28-12-8-18-6-10-27-11-7-18)24-32-22(19-5-3-4-17(2)30-19)23(33(24)15-16)20-9-13-29-25(26)31-20/h3-7,9-11,13-15,28H,8,12H2,1-2H3,(H2,26,29,31). The van der Waals surface area contributed by atoms with Crippen molar-refractivity contribution in [3.63, 3.8) is 0 Å². The van der Waals surface area contributed by atoms with E-state index in [1.165, 1.54) is 5.56 Å². The van der Waals surface area contributed by atoms with Crippen LogP contribution in [0.5, 0.6) is 0 Å². The zero-order valence-electron chi connectivity index (χ0n) is 18.5. The molecule has 0 saturated carbocycles. The van der Waals surface area contributed by atoms with E-state index in [1.807, 2.05) is 55.7 Å². The molecule has 0 aromatic carbocycles. The summed E-state index contributed by atoms with van der Waals surface area (Å²) in [5.41, 5.74) is 14.0. The first-order valence-corrected chi connectivity index (χ1v) is 10.8. The number of hydrogen-bond acceptors (Lipinski definition) is 7. The lowest BCUT2D eigenvalue weighted by atomic mass is 10.1. The molecule has 0 amide bonds. The van der Waals surface area contributed by atoms with Gasteiger partial charge in [0.05, 0.1) is 17.1 Å². The first kappa shape index (κ1) is 20.6. The van der Waals surface area contributed by atoms with Gasteiger partial charge in [-0.1, -0.05) is 6.07 Å². The Labute approximate surface area is 191 Å². The van der Waals surface area contributed by atoms with E-state index >= 15 is 0 Å². The average Bonchev–Trinajstić information content (AvgIpc) is 3.19. The van der Waals surface area contributed by atoms with E-state index in [-0.39, 0.29) is 5.95 Å². The topological polar surface area (TPSA) is 107 Å². The summed E-state index contributed by atoms with van der Waals surface area (Å²) in [5, 5.41) is 3.56. The van der Waals surface area contributed by atoms with Gasteiger partial charge in [0.1, 0.15) is 11.4 Å². The number of nitrogens with zero attached hydrogens (tertiary/aromatic N) is 6. The van der Waals surface area contributed by atoms with Gasteiger partial charge in [-0.2, -0.15) is 0 Å². The molecule has 0 aliphatic rings. The van der Waals surface area contributed by atoms with E-state index < -0.39 is 0 Å². The maximum atomic E-state index is 5.92. The summed E-state index contributed by atoms with van der Waals surface area (Å²) in [6.45, 7) is 4.80. The quantitative estimate of drug-likeness (QED) is 0.413. The van der Waals surface area contributed by atoms with Crippen LogP contribution in [0, 0.1) is 13.8 Å². The molecule has 5 heterocycles. The first-order chi connectivity index (χ1) is 16.1. The normalized spacial score (nSPS) is 11.1. The van der Waals surface area contributed by atoms with Crippen LogP contribution in [0.25, 0.3) is 28.4 Å². The number of anilines is 2. The zero-order chi connectivity index (χ0) is 22.8. The predicted octanol–water partition coefficient (Wildman–Crippen LogP) is 4.10. The number of imidazole rings is 1. The Morgan fingerprint density at radius 3 is 2.58 bits per heavy atom. The first-order valence-electron chi connectivity index (χ1n) is 10.8. The van der Waals surface area contributed by atoms with Gasteiger partial charge >= 0.3 is 0 Å². The molecule has 8 heteroatoms. The zero-order valence-corrected chi connectivity index (χ0v) is 18.5. The minimum absolute atomic E-state index is 0.217. The van der Waals surface area contributed by atoms with Crippen LogP contribution >= 0.6 is 0 Å². The molecule has 0 spiro atoms. The molecule has 0 aliphatic carbocycles. The third-order valence-electron chi connectivity index (χ3n) is 5.38. The largest absolute Gasteiger partial charge is 0.382 e.